The van der Waals surface area contributed by atoms with Crippen molar-refractivity contribution in [3.05, 3.63) is 48.0 Å². The summed E-state index contributed by atoms with van der Waals surface area (Å²) in [6.45, 7) is 1.53. The Labute approximate surface area is 148 Å². The minimum absolute atomic E-state index is 0.0482. The number of carbonyl (C=O) groups is 2. The van der Waals surface area contributed by atoms with Crippen LogP contribution in [0.1, 0.15) is 24.8 Å². The van der Waals surface area contributed by atoms with Gasteiger partial charge in [0, 0.05) is 13.1 Å². The van der Waals surface area contributed by atoms with Crippen LogP contribution < -0.4 is 0 Å². The van der Waals surface area contributed by atoms with Gasteiger partial charge in [0.2, 0.25) is 5.91 Å². The molecule has 1 saturated carbocycles. The molecule has 1 saturated heterocycles. The van der Waals surface area contributed by atoms with Crippen molar-refractivity contribution in [3.8, 4) is 0 Å². The van der Waals surface area contributed by atoms with Crippen LogP contribution in [-0.4, -0.2) is 35.0 Å². The molecular formula is C21H25NO3. The van der Waals surface area contributed by atoms with Crippen LogP contribution in [0.25, 0.3) is 0 Å². The molecule has 4 heteroatoms. The lowest BCUT2D eigenvalue weighted by Gasteiger charge is -2.36. The summed E-state index contributed by atoms with van der Waals surface area (Å²) < 4.78 is 0. The van der Waals surface area contributed by atoms with E-state index in [1.807, 2.05) is 17.0 Å². The van der Waals surface area contributed by atoms with Gasteiger partial charge >= 0.3 is 5.97 Å². The summed E-state index contributed by atoms with van der Waals surface area (Å²) >= 11 is 0. The molecule has 0 unspecified atom stereocenters. The monoisotopic (exact) mass is 339 g/mol. The zero-order valence-electron chi connectivity index (χ0n) is 14.4. The van der Waals surface area contributed by atoms with Crippen molar-refractivity contribution < 1.29 is 14.7 Å². The van der Waals surface area contributed by atoms with Gasteiger partial charge in [0.15, 0.2) is 0 Å². The van der Waals surface area contributed by atoms with Crippen molar-refractivity contribution in [2.75, 3.05) is 13.1 Å². The number of amides is 1. The Bertz CT molecular complexity index is 676. The van der Waals surface area contributed by atoms with E-state index >= 15 is 0 Å². The molecule has 1 aromatic carbocycles. The van der Waals surface area contributed by atoms with Gasteiger partial charge in [0.25, 0.3) is 0 Å². The summed E-state index contributed by atoms with van der Waals surface area (Å²) in [6.07, 6.45) is 7.98. The van der Waals surface area contributed by atoms with Gasteiger partial charge in [-0.15, -0.1) is 0 Å². The van der Waals surface area contributed by atoms with Crippen LogP contribution in [-0.2, 0) is 16.0 Å². The molecule has 132 valence electrons. The van der Waals surface area contributed by atoms with E-state index in [1.54, 1.807) is 0 Å². The summed E-state index contributed by atoms with van der Waals surface area (Å²) in [5, 5.41) is 9.55. The van der Waals surface area contributed by atoms with Crippen LogP contribution in [0.15, 0.2) is 42.5 Å². The molecule has 25 heavy (non-hydrogen) atoms. The van der Waals surface area contributed by atoms with E-state index in [1.165, 1.54) is 5.56 Å². The lowest BCUT2D eigenvalue weighted by atomic mass is 9.81. The van der Waals surface area contributed by atoms with E-state index in [-0.39, 0.29) is 23.7 Å². The average molecular weight is 339 g/mol. The third kappa shape index (κ3) is 3.10. The number of benzene rings is 1. The summed E-state index contributed by atoms with van der Waals surface area (Å²) in [4.78, 5) is 26.6. The quantitative estimate of drug-likeness (QED) is 0.858. The van der Waals surface area contributed by atoms with Gasteiger partial charge < -0.3 is 10.0 Å². The summed E-state index contributed by atoms with van der Waals surface area (Å²) in [5.74, 6) is -0.825. The standard InChI is InChI=1S/C21H25NO3/c23-20(18-16-6-7-17(13-16)19(18)21(24)25)22-10-8-15(9-11-22)12-14-4-2-1-3-5-14/h1-7,15-19H,8-13H2,(H,24,25)/t16-,17+,18-,19+/m0/s1. The number of hydrogen-bond donors (Lipinski definition) is 1. The zero-order valence-corrected chi connectivity index (χ0v) is 14.4. The Balaban J connectivity index is 1.37. The van der Waals surface area contributed by atoms with Gasteiger partial charge in [-0.1, -0.05) is 42.5 Å². The highest BCUT2D eigenvalue weighted by Gasteiger charge is 2.52. The molecule has 1 N–H and O–H groups in total. The van der Waals surface area contributed by atoms with Crippen LogP contribution in [0.2, 0.25) is 0 Å². The van der Waals surface area contributed by atoms with Crippen LogP contribution in [0.5, 0.6) is 0 Å². The number of carboxylic acid groups (broad SMARTS) is 1. The van der Waals surface area contributed by atoms with Gasteiger partial charge in [0.1, 0.15) is 0 Å². The highest BCUT2D eigenvalue weighted by molar-refractivity contribution is 5.87. The fourth-order valence-electron chi connectivity index (χ4n) is 5.01. The minimum Gasteiger partial charge on any atom is -0.481 e. The van der Waals surface area contributed by atoms with E-state index in [9.17, 15) is 14.7 Å². The van der Waals surface area contributed by atoms with Gasteiger partial charge in [-0.3, -0.25) is 9.59 Å². The highest BCUT2D eigenvalue weighted by atomic mass is 16.4. The largest absolute Gasteiger partial charge is 0.481 e. The molecule has 3 aliphatic rings. The maximum atomic E-state index is 13.0. The summed E-state index contributed by atoms with van der Waals surface area (Å²) in [6, 6.07) is 10.5. The molecule has 1 aromatic rings. The van der Waals surface area contributed by atoms with E-state index in [4.69, 9.17) is 0 Å². The predicted molar refractivity (Wildman–Crippen MR) is 94.8 cm³/mol. The van der Waals surface area contributed by atoms with Crippen molar-refractivity contribution in [1.29, 1.82) is 0 Å². The minimum atomic E-state index is -0.811. The number of aliphatic carboxylic acids is 1. The van der Waals surface area contributed by atoms with Gasteiger partial charge in [-0.05, 0) is 49.0 Å². The number of nitrogens with zero attached hydrogens (tertiary/aromatic N) is 1. The number of carboxylic acids is 1. The second kappa shape index (κ2) is 6.66. The first-order chi connectivity index (χ1) is 12.1. The second-order valence-electron chi connectivity index (χ2n) is 7.80. The first-order valence-electron chi connectivity index (χ1n) is 9.37. The van der Waals surface area contributed by atoms with Crippen LogP contribution >= 0.6 is 0 Å². The third-order valence-electron chi connectivity index (χ3n) is 6.32. The van der Waals surface area contributed by atoms with Crippen LogP contribution in [0, 0.1) is 29.6 Å². The van der Waals surface area contributed by atoms with Gasteiger partial charge in [0.05, 0.1) is 11.8 Å². The molecule has 0 spiro atoms. The Morgan fingerprint density at radius 3 is 2.28 bits per heavy atom. The molecule has 1 aliphatic heterocycles. The van der Waals surface area contributed by atoms with Gasteiger partial charge in [-0.25, -0.2) is 0 Å². The van der Waals surface area contributed by atoms with E-state index in [0.717, 1.165) is 38.8 Å². The molecule has 2 fully saturated rings. The number of likely N-dealkylation sites (tertiary alicyclic amines) is 1. The molecule has 1 heterocycles. The average Bonchev–Trinajstić information content (AvgIpc) is 3.24. The number of fused-ring (bicyclic) bond motifs is 2. The molecule has 0 aromatic heterocycles. The fourth-order valence-corrected chi connectivity index (χ4v) is 5.01. The van der Waals surface area contributed by atoms with Crippen molar-refractivity contribution in [2.24, 2.45) is 29.6 Å². The first-order valence-corrected chi connectivity index (χ1v) is 9.37. The van der Waals surface area contributed by atoms with Crippen LogP contribution in [0.3, 0.4) is 0 Å². The Morgan fingerprint density at radius 2 is 1.64 bits per heavy atom. The number of carbonyl (C=O) groups excluding carboxylic acids is 1. The number of rotatable bonds is 4. The van der Waals surface area contributed by atoms with Crippen LogP contribution in [0.4, 0.5) is 0 Å². The van der Waals surface area contributed by atoms with Gasteiger partial charge in [-0.2, -0.15) is 0 Å². The summed E-state index contributed by atoms with van der Waals surface area (Å²) in [5.41, 5.74) is 1.36. The van der Waals surface area contributed by atoms with E-state index in [2.05, 4.69) is 30.3 Å². The van der Waals surface area contributed by atoms with Crippen molar-refractivity contribution in [1.82, 2.24) is 4.90 Å². The van der Waals surface area contributed by atoms with E-state index in [0.29, 0.717) is 5.92 Å². The third-order valence-corrected chi connectivity index (χ3v) is 6.32. The maximum absolute atomic E-state index is 13.0. The zero-order chi connectivity index (χ0) is 17.4. The fraction of sp³-hybridized carbons (Fsp3) is 0.524. The first kappa shape index (κ1) is 16.4. The second-order valence-corrected chi connectivity index (χ2v) is 7.80. The predicted octanol–water partition coefficient (Wildman–Crippen LogP) is 2.99. The molecule has 4 rings (SSSR count). The molecule has 1 amide bonds. The smallest absolute Gasteiger partial charge is 0.307 e. The highest BCUT2D eigenvalue weighted by Crippen LogP contribution is 2.49. The molecule has 4 nitrogen and oxygen atoms in total. The lowest BCUT2D eigenvalue weighted by Crippen LogP contribution is -2.46. The topological polar surface area (TPSA) is 57.6 Å². The number of allylic oxidation sites excluding steroid dienone is 2. The number of piperidine rings is 1. The Morgan fingerprint density at radius 1 is 1.00 bits per heavy atom. The molecule has 2 aliphatic carbocycles. The SMILES string of the molecule is O=C(O)[C@H]1[C@@H](C(=O)N2CCC(Cc3ccccc3)CC2)[C@H]2C=C[C@@H]1C2. The Kier molecular flexibility index (Phi) is 4.36. The molecule has 4 atom stereocenters. The molecule has 0 radical (unpaired) electrons. The Hall–Kier alpha value is -2.10. The lowest BCUT2D eigenvalue weighted by molar-refractivity contribution is -0.151. The number of hydrogen-bond acceptors (Lipinski definition) is 2. The summed E-state index contributed by atoms with van der Waals surface area (Å²) in [7, 11) is 0. The van der Waals surface area contributed by atoms with Crippen molar-refractivity contribution in [3.63, 3.8) is 0 Å². The maximum Gasteiger partial charge on any atom is 0.307 e. The normalized spacial score (nSPS) is 31.4. The molecular weight excluding hydrogens is 314 g/mol. The van der Waals surface area contributed by atoms with E-state index < -0.39 is 11.9 Å². The van der Waals surface area contributed by atoms with Crippen molar-refractivity contribution in [2.45, 2.75) is 25.7 Å². The van der Waals surface area contributed by atoms with Crippen molar-refractivity contribution >= 4 is 11.9 Å². The molecule has 2 bridgehead atoms.